The van der Waals surface area contributed by atoms with Gasteiger partial charge in [0.1, 0.15) is 0 Å². The van der Waals surface area contributed by atoms with Crippen molar-refractivity contribution >= 4 is 17.6 Å². The van der Waals surface area contributed by atoms with Crippen molar-refractivity contribution in [3.8, 4) is 22.9 Å². The SMILES string of the molecule is COC(=O)c1cc(OC)c(OC)cc1NC(=O)C1CCCN(Cc2nc(-c3ccccc3C)no2)C1. The Kier molecular flexibility index (Phi) is 7.84. The van der Waals surface area contributed by atoms with Crippen LogP contribution in [0.15, 0.2) is 40.9 Å². The number of hydrogen-bond donors (Lipinski definition) is 1. The summed E-state index contributed by atoms with van der Waals surface area (Å²) in [6, 6.07) is 10.9. The Morgan fingerprint density at radius 3 is 2.61 bits per heavy atom. The Balaban J connectivity index is 1.45. The van der Waals surface area contributed by atoms with Crippen molar-refractivity contribution in [1.29, 1.82) is 0 Å². The molecule has 1 aliphatic rings. The zero-order valence-electron chi connectivity index (χ0n) is 20.9. The first-order valence-electron chi connectivity index (χ1n) is 11.7. The minimum absolute atomic E-state index is 0.186. The van der Waals surface area contributed by atoms with Gasteiger partial charge in [0.15, 0.2) is 11.5 Å². The first-order valence-corrected chi connectivity index (χ1v) is 11.7. The standard InChI is InChI=1S/C26H30N4O6/c1-16-8-5-6-10-18(16)24-28-23(36-29-24)15-30-11-7-9-17(14-30)25(31)27-20-13-22(34-3)21(33-2)12-19(20)26(32)35-4/h5-6,8,10,12-13,17H,7,9,11,14-15H2,1-4H3,(H,27,31). The average molecular weight is 495 g/mol. The van der Waals surface area contributed by atoms with E-state index in [0.29, 0.717) is 42.0 Å². The third-order valence-corrected chi connectivity index (χ3v) is 6.28. The zero-order valence-corrected chi connectivity index (χ0v) is 20.9. The van der Waals surface area contributed by atoms with E-state index in [2.05, 4.69) is 20.4 Å². The monoisotopic (exact) mass is 494 g/mol. The van der Waals surface area contributed by atoms with Gasteiger partial charge in [-0.15, -0.1) is 0 Å². The molecule has 2 heterocycles. The molecular formula is C26H30N4O6. The van der Waals surface area contributed by atoms with E-state index in [-0.39, 0.29) is 17.4 Å². The normalized spacial score (nSPS) is 15.8. The summed E-state index contributed by atoms with van der Waals surface area (Å²) in [5, 5.41) is 7.01. The summed E-state index contributed by atoms with van der Waals surface area (Å²) in [5.74, 6) is 0.757. The summed E-state index contributed by atoms with van der Waals surface area (Å²) < 4.78 is 21.0. The second-order valence-corrected chi connectivity index (χ2v) is 8.63. The maximum absolute atomic E-state index is 13.2. The number of carbonyl (C=O) groups is 2. The maximum Gasteiger partial charge on any atom is 0.340 e. The summed E-state index contributed by atoms with van der Waals surface area (Å²) in [6.45, 7) is 3.79. The first-order chi connectivity index (χ1) is 17.4. The molecule has 1 aromatic heterocycles. The van der Waals surface area contributed by atoms with Crippen molar-refractivity contribution in [2.75, 3.05) is 39.7 Å². The van der Waals surface area contributed by atoms with Crippen molar-refractivity contribution in [2.45, 2.75) is 26.3 Å². The van der Waals surface area contributed by atoms with Crippen LogP contribution in [0, 0.1) is 12.8 Å². The Morgan fingerprint density at radius 2 is 1.89 bits per heavy atom. The van der Waals surface area contributed by atoms with Gasteiger partial charge in [-0.25, -0.2) is 4.79 Å². The van der Waals surface area contributed by atoms with Gasteiger partial charge in [-0.1, -0.05) is 29.4 Å². The number of nitrogens with zero attached hydrogens (tertiary/aromatic N) is 3. The van der Waals surface area contributed by atoms with E-state index in [1.807, 2.05) is 31.2 Å². The van der Waals surface area contributed by atoms with Crippen LogP contribution in [0.5, 0.6) is 11.5 Å². The number of esters is 1. The van der Waals surface area contributed by atoms with Crippen molar-refractivity contribution in [3.63, 3.8) is 0 Å². The highest BCUT2D eigenvalue weighted by atomic mass is 16.5. The van der Waals surface area contributed by atoms with Crippen LogP contribution in [-0.4, -0.2) is 61.3 Å². The predicted molar refractivity (Wildman–Crippen MR) is 132 cm³/mol. The number of benzene rings is 2. The second-order valence-electron chi connectivity index (χ2n) is 8.63. The Hall–Kier alpha value is -3.92. The fourth-order valence-corrected chi connectivity index (χ4v) is 4.35. The number of hydrogen-bond acceptors (Lipinski definition) is 9. The van der Waals surface area contributed by atoms with Crippen molar-refractivity contribution in [3.05, 3.63) is 53.4 Å². The highest BCUT2D eigenvalue weighted by Gasteiger charge is 2.28. The molecule has 1 N–H and O–H groups in total. The lowest BCUT2D eigenvalue weighted by Gasteiger charge is -2.31. The number of anilines is 1. The van der Waals surface area contributed by atoms with E-state index in [1.165, 1.54) is 27.4 Å². The van der Waals surface area contributed by atoms with Crippen LogP contribution in [0.4, 0.5) is 5.69 Å². The third kappa shape index (κ3) is 5.49. The number of amides is 1. The molecule has 10 heteroatoms. The van der Waals surface area contributed by atoms with Gasteiger partial charge in [-0.3, -0.25) is 9.69 Å². The quantitative estimate of drug-likeness (QED) is 0.468. The van der Waals surface area contributed by atoms with Gasteiger partial charge < -0.3 is 24.1 Å². The lowest BCUT2D eigenvalue weighted by atomic mass is 9.96. The van der Waals surface area contributed by atoms with Crippen LogP contribution in [0.25, 0.3) is 11.4 Å². The van der Waals surface area contributed by atoms with Gasteiger partial charge in [0.05, 0.1) is 45.0 Å². The Morgan fingerprint density at radius 1 is 1.14 bits per heavy atom. The Bertz CT molecular complexity index is 1240. The molecule has 1 amide bonds. The minimum atomic E-state index is -0.586. The van der Waals surface area contributed by atoms with Gasteiger partial charge in [0, 0.05) is 24.2 Å². The third-order valence-electron chi connectivity index (χ3n) is 6.28. The van der Waals surface area contributed by atoms with Gasteiger partial charge in [-0.05, 0) is 31.9 Å². The lowest BCUT2D eigenvalue weighted by Crippen LogP contribution is -2.40. The van der Waals surface area contributed by atoms with Crippen LogP contribution >= 0.6 is 0 Å². The molecule has 1 unspecified atom stereocenters. The fraction of sp³-hybridized carbons (Fsp3) is 0.385. The van der Waals surface area contributed by atoms with E-state index in [0.717, 1.165) is 30.5 Å². The molecule has 1 aliphatic heterocycles. The molecule has 2 aromatic carbocycles. The molecule has 0 radical (unpaired) electrons. The van der Waals surface area contributed by atoms with Crippen molar-refractivity contribution in [1.82, 2.24) is 15.0 Å². The summed E-state index contributed by atoms with van der Waals surface area (Å²) in [6.07, 6.45) is 1.56. The molecule has 190 valence electrons. The second kappa shape index (κ2) is 11.2. The number of aromatic nitrogens is 2. The van der Waals surface area contributed by atoms with Gasteiger partial charge in [0.25, 0.3) is 0 Å². The molecule has 3 aromatic rings. The molecule has 1 atom stereocenters. The molecule has 1 saturated heterocycles. The zero-order chi connectivity index (χ0) is 25.7. The first kappa shape index (κ1) is 25.2. The highest BCUT2D eigenvalue weighted by molar-refractivity contribution is 6.02. The lowest BCUT2D eigenvalue weighted by molar-refractivity contribution is -0.121. The Labute approximate surface area is 209 Å². The maximum atomic E-state index is 13.2. The molecular weight excluding hydrogens is 464 g/mol. The molecule has 4 rings (SSSR count). The summed E-state index contributed by atoms with van der Waals surface area (Å²) >= 11 is 0. The molecule has 0 bridgehead atoms. The number of piperidine rings is 1. The van der Waals surface area contributed by atoms with E-state index >= 15 is 0 Å². The number of carbonyl (C=O) groups excluding carboxylic acids is 2. The predicted octanol–water partition coefficient (Wildman–Crippen LogP) is 3.70. The molecule has 0 saturated carbocycles. The van der Waals surface area contributed by atoms with Crippen LogP contribution in [-0.2, 0) is 16.1 Å². The topological polar surface area (TPSA) is 116 Å². The number of rotatable bonds is 8. The number of ether oxygens (including phenoxy) is 3. The van der Waals surface area contributed by atoms with Crippen LogP contribution in [0.1, 0.15) is 34.7 Å². The molecule has 10 nitrogen and oxygen atoms in total. The fourth-order valence-electron chi connectivity index (χ4n) is 4.35. The van der Waals surface area contributed by atoms with E-state index in [9.17, 15) is 9.59 Å². The average Bonchev–Trinajstić information content (AvgIpc) is 3.36. The largest absolute Gasteiger partial charge is 0.493 e. The summed E-state index contributed by atoms with van der Waals surface area (Å²) in [5.41, 5.74) is 2.49. The number of methoxy groups -OCH3 is 3. The van der Waals surface area contributed by atoms with Gasteiger partial charge >= 0.3 is 5.97 Å². The van der Waals surface area contributed by atoms with E-state index in [4.69, 9.17) is 18.7 Å². The van der Waals surface area contributed by atoms with E-state index in [1.54, 1.807) is 6.07 Å². The van der Waals surface area contributed by atoms with E-state index < -0.39 is 5.97 Å². The number of aryl methyl sites for hydroxylation is 1. The minimum Gasteiger partial charge on any atom is -0.493 e. The molecule has 0 aliphatic carbocycles. The van der Waals surface area contributed by atoms with Crippen LogP contribution in [0.2, 0.25) is 0 Å². The molecule has 36 heavy (non-hydrogen) atoms. The van der Waals surface area contributed by atoms with Crippen LogP contribution in [0.3, 0.4) is 0 Å². The van der Waals surface area contributed by atoms with Crippen LogP contribution < -0.4 is 14.8 Å². The van der Waals surface area contributed by atoms with Gasteiger partial charge in [0.2, 0.25) is 17.6 Å². The molecule has 1 fully saturated rings. The summed E-state index contributed by atoms with van der Waals surface area (Å²) in [4.78, 5) is 32.2. The number of nitrogens with one attached hydrogen (secondary N) is 1. The van der Waals surface area contributed by atoms with Crippen molar-refractivity contribution < 1.29 is 28.3 Å². The highest BCUT2D eigenvalue weighted by Crippen LogP contribution is 2.34. The van der Waals surface area contributed by atoms with Crippen molar-refractivity contribution in [2.24, 2.45) is 5.92 Å². The molecule has 0 spiro atoms. The summed E-state index contributed by atoms with van der Waals surface area (Å²) in [7, 11) is 4.25. The van der Waals surface area contributed by atoms with Gasteiger partial charge in [-0.2, -0.15) is 4.98 Å². The number of likely N-dealkylation sites (tertiary alicyclic amines) is 1. The smallest absolute Gasteiger partial charge is 0.340 e.